The first-order chi connectivity index (χ1) is 11.5. The van der Waals surface area contributed by atoms with Gasteiger partial charge in [-0.15, -0.1) is 0 Å². The second-order valence-corrected chi connectivity index (χ2v) is 5.86. The Labute approximate surface area is 135 Å². The van der Waals surface area contributed by atoms with E-state index in [1.165, 1.54) is 24.7 Å². The zero-order chi connectivity index (χ0) is 16.7. The predicted molar refractivity (Wildman–Crippen MR) is 82.4 cm³/mol. The highest BCUT2D eigenvalue weighted by molar-refractivity contribution is 5.82. The van der Waals surface area contributed by atoms with Gasteiger partial charge < -0.3 is 10.3 Å². The summed E-state index contributed by atoms with van der Waals surface area (Å²) in [5.74, 6) is -0.433. The van der Waals surface area contributed by atoms with Crippen LogP contribution in [0, 0.1) is 0 Å². The Morgan fingerprint density at radius 2 is 1.88 bits per heavy atom. The Morgan fingerprint density at radius 3 is 2.54 bits per heavy atom. The first-order valence-corrected chi connectivity index (χ1v) is 7.62. The molecule has 2 aromatic heterocycles. The van der Waals surface area contributed by atoms with Crippen molar-refractivity contribution < 1.29 is 13.2 Å². The summed E-state index contributed by atoms with van der Waals surface area (Å²) in [5, 5.41) is 2.94. The molecule has 24 heavy (non-hydrogen) atoms. The smallest absolute Gasteiger partial charge is 0.364 e. The number of H-pyrrole nitrogens is 1. The second kappa shape index (κ2) is 5.47. The molecule has 0 unspecified atom stereocenters. The minimum Gasteiger partial charge on any atom is -0.364 e. The summed E-state index contributed by atoms with van der Waals surface area (Å²) in [6, 6.07) is 8.11. The molecule has 0 radical (unpaired) electrons. The highest BCUT2D eigenvalue weighted by Crippen LogP contribution is 2.39. The number of imidazole rings is 1. The van der Waals surface area contributed by atoms with Crippen LogP contribution in [0.4, 0.5) is 19.0 Å². The molecule has 0 bridgehead atoms. The standard InChI is InChI=1S/C16H14F3N5/c17-16(18,19)15-23-13(12-14(24-15)22-8-21-12)20-7-9-1-3-10(4-2-9)11-5-6-11/h1-4,8,11H,5-7H2,(H2,20,21,22,23,24). The molecule has 0 saturated heterocycles. The van der Waals surface area contributed by atoms with Crippen molar-refractivity contribution in [1.82, 2.24) is 19.9 Å². The molecule has 4 rings (SSSR count). The summed E-state index contributed by atoms with van der Waals surface area (Å²) in [7, 11) is 0. The third-order valence-electron chi connectivity index (χ3n) is 4.03. The number of nitrogens with one attached hydrogen (secondary N) is 2. The highest BCUT2D eigenvalue weighted by atomic mass is 19.4. The fraction of sp³-hybridized carbons (Fsp3) is 0.312. The summed E-state index contributed by atoms with van der Waals surface area (Å²) in [6.07, 6.45) is -0.849. The highest BCUT2D eigenvalue weighted by Gasteiger charge is 2.36. The van der Waals surface area contributed by atoms with Crippen LogP contribution >= 0.6 is 0 Å². The molecule has 0 amide bonds. The van der Waals surface area contributed by atoms with E-state index in [0.29, 0.717) is 18.0 Å². The molecule has 0 atom stereocenters. The molecule has 0 spiro atoms. The van der Waals surface area contributed by atoms with Crippen molar-refractivity contribution in [2.24, 2.45) is 0 Å². The summed E-state index contributed by atoms with van der Waals surface area (Å²) in [5.41, 5.74) is 2.64. The van der Waals surface area contributed by atoms with Gasteiger partial charge in [-0.2, -0.15) is 13.2 Å². The molecule has 2 N–H and O–H groups in total. The van der Waals surface area contributed by atoms with Gasteiger partial charge in [0.15, 0.2) is 11.5 Å². The Kier molecular flexibility index (Phi) is 3.40. The first-order valence-electron chi connectivity index (χ1n) is 7.62. The molecule has 1 fully saturated rings. The number of anilines is 1. The molecule has 124 valence electrons. The minimum absolute atomic E-state index is 0.0103. The van der Waals surface area contributed by atoms with Crippen LogP contribution in [0.5, 0.6) is 0 Å². The lowest BCUT2D eigenvalue weighted by Gasteiger charge is -2.10. The van der Waals surface area contributed by atoms with Gasteiger partial charge in [-0.3, -0.25) is 0 Å². The van der Waals surface area contributed by atoms with E-state index in [1.54, 1.807) is 0 Å². The van der Waals surface area contributed by atoms with E-state index in [2.05, 4.69) is 37.4 Å². The van der Waals surface area contributed by atoms with Crippen LogP contribution < -0.4 is 5.32 Å². The summed E-state index contributed by atoms with van der Waals surface area (Å²) < 4.78 is 38.7. The van der Waals surface area contributed by atoms with Crippen LogP contribution in [-0.2, 0) is 12.7 Å². The van der Waals surface area contributed by atoms with Gasteiger partial charge in [0, 0.05) is 6.54 Å². The number of benzene rings is 1. The van der Waals surface area contributed by atoms with Crippen molar-refractivity contribution in [1.29, 1.82) is 0 Å². The Morgan fingerprint density at radius 1 is 1.12 bits per heavy atom. The molecule has 2 heterocycles. The quantitative estimate of drug-likeness (QED) is 0.761. The lowest BCUT2D eigenvalue weighted by molar-refractivity contribution is -0.144. The van der Waals surface area contributed by atoms with E-state index in [1.807, 2.05) is 12.1 Å². The van der Waals surface area contributed by atoms with E-state index in [9.17, 15) is 13.2 Å². The normalized spacial score (nSPS) is 15.0. The lowest BCUT2D eigenvalue weighted by Crippen LogP contribution is -2.13. The maximum atomic E-state index is 12.9. The molecule has 5 nitrogen and oxygen atoms in total. The molecule has 3 aromatic rings. The largest absolute Gasteiger partial charge is 0.451 e. The Hall–Kier alpha value is -2.64. The van der Waals surface area contributed by atoms with Crippen LogP contribution in [0.2, 0.25) is 0 Å². The third kappa shape index (κ3) is 2.91. The number of aromatic nitrogens is 4. The molecule has 8 heteroatoms. The Bertz CT molecular complexity index is 866. The van der Waals surface area contributed by atoms with Gasteiger partial charge >= 0.3 is 6.18 Å². The van der Waals surface area contributed by atoms with Crippen molar-refractivity contribution in [2.75, 3.05) is 5.32 Å². The van der Waals surface area contributed by atoms with Gasteiger partial charge in [0.2, 0.25) is 5.82 Å². The molecule has 1 saturated carbocycles. The van der Waals surface area contributed by atoms with Gasteiger partial charge in [0.25, 0.3) is 0 Å². The predicted octanol–water partition coefficient (Wildman–Crippen LogP) is 3.86. The minimum atomic E-state index is -4.62. The van der Waals surface area contributed by atoms with Crippen molar-refractivity contribution >= 4 is 17.0 Å². The molecular weight excluding hydrogens is 319 g/mol. The first kappa shape index (κ1) is 14.9. The molecule has 1 aromatic carbocycles. The SMILES string of the molecule is FC(F)(F)c1nc(NCc2ccc(C3CC3)cc2)c2[nH]cnc2n1. The number of fused-ring (bicyclic) bond motifs is 1. The van der Waals surface area contributed by atoms with Crippen molar-refractivity contribution in [3.8, 4) is 0 Å². The van der Waals surface area contributed by atoms with Crippen LogP contribution in [0.1, 0.15) is 35.7 Å². The number of hydrogen-bond donors (Lipinski definition) is 2. The van der Waals surface area contributed by atoms with Crippen LogP contribution in [0.3, 0.4) is 0 Å². The van der Waals surface area contributed by atoms with Gasteiger partial charge in [-0.05, 0) is 29.9 Å². The maximum absolute atomic E-state index is 12.9. The fourth-order valence-electron chi connectivity index (χ4n) is 2.60. The Balaban J connectivity index is 1.57. The van der Waals surface area contributed by atoms with Crippen LogP contribution in [0.15, 0.2) is 30.6 Å². The number of aromatic amines is 1. The van der Waals surface area contributed by atoms with E-state index in [-0.39, 0.29) is 11.5 Å². The number of hydrogen-bond acceptors (Lipinski definition) is 4. The fourth-order valence-corrected chi connectivity index (χ4v) is 2.60. The van der Waals surface area contributed by atoms with E-state index < -0.39 is 12.0 Å². The van der Waals surface area contributed by atoms with Gasteiger partial charge in [0.1, 0.15) is 5.52 Å². The zero-order valence-corrected chi connectivity index (χ0v) is 12.6. The molecule has 1 aliphatic rings. The number of halogens is 3. The molecule has 1 aliphatic carbocycles. The van der Waals surface area contributed by atoms with E-state index in [0.717, 1.165) is 5.56 Å². The second-order valence-electron chi connectivity index (χ2n) is 5.86. The summed E-state index contributed by atoms with van der Waals surface area (Å²) in [6.45, 7) is 0.368. The van der Waals surface area contributed by atoms with Gasteiger partial charge in [0.05, 0.1) is 6.33 Å². The summed E-state index contributed by atoms with van der Waals surface area (Å²) in [4.78, 5) is 13.6. The number of rotatable bonds is 4. The monoisotopic (exact) mass is 333 g/mol. The van der Waals surface area contributed by atoms with E-state index >= 15 is 0 Å². The third-order valence-corrected chi connectivity index (χ3v) is 4.03. The van der Waals surface area contributed by atoms with Gasteiger partial charge in [-0.1, -0.05) is 24.3 Å². The van der Waals surface area contributed by atoms with Crippen molar-refractivity contribution in [3.05, 3.63) is 47.5 Å². The maximum Gasteiger partial charge on any atom is 0.451 e. The van der Waals surface area contributed by atoms with Crippen LogP contribution in [-0.4, -0.2) is 19.9 Å². The van der Waals surface area contributed by atoms with Crippen LogP contribution in [0.25, 0.3) is 11.2 Å². The topological polar surface area (TPSA) is 66.5 Å². The molecule has 0 aliphatic heterocycles. The lowest BCUT2D eigenvalue weighted by atomic mass is 10.1. The number of nitrogens with zero attached hydrogens (tertiary/aromatic N) is 3. The molecular formula is C16H14F3N5. The van der Waals surface area contributed by atoms with Crippen molar-refractivity contribution in [2.45, 2.75) is 31.5 Å². The van der Waals surface area contributed by atoms with Crippen molar-refractivity contribution in [3.63, 3.8) is 0 Å². The zero-order valence-electron chi connectivity index (χ0n) is 12.6. The number of alkyl halides is 3. The average Bonchev–Trinajstić information content (AvgIpc) is 3.29. The average molecular weight is 333 g/mol. The van der Waals surface area contributed by atoms with Gasteiger partial charge in [-0.25, -0.2) is 15.0 Å². The summed E-state index contributed by atoms with van der Waals surface area (Å²) >= 11 is 0. The van der Waals surface area contributed by atoms with E-state index in [4.69, 9.17) is 0 Å².